The lowest BCUT2D eigenvalue weighted by molar-refractivity contribution is 0.901. The van der Waals surface area contributed by atoms with Crippen LogP contribution in [0.25, 0.3) is 16.6 Å². The minimum Gasteiger partial charge on any atom is -0.233 e. The van der Waals surface area contributed by atoms with Crippen LogP contribution in [0.3, 0.4) is 0 Å². The average Bonchev–Trinajstić information content (AvgIpc) is 2.82. The summed E-state index contributed by atoms with van der Waals surface area (Å²) in [4.78, 5) is 0. The summed E-state index contributed by atoms with van der Waals surface area (Å²) in [7, 11) is 0. The first-order chi connectivity index (χ1) is 8.79. The lowest BCUT2D eigenvalue weighted by Gasteiger charge is -2.08. The standard InChI is InChI=1S/C15H13BrN2/c1-11-8-12(9-16)6-7-14(11)18-15-5-3-2-4-13(15)10-17-18/h2-8,10H,9H2,1H3. The summed E-state index contributed by atoms with van der Waals surface area (Å²) >= 11 is 3.48. The van der Waals surface area contributed by atoms with E-state index in [1.807, 2.05) is 23.0 Å². The van der Waals surface area contributed by atoms with Gasteiger partial charge in [-0.2, -0.15) is 5.10 Å². The SMILES string of the molecule is Cc1cc(CBr)ccc1-n1ncc2ccccc21. The van der Waals surface area contributed by atoms with Gasteiger partial charge in [0.05, 0.1) is 17.4 Å². The number of aryl methyl sites for hydroxylation is 1. The Morgan fingerprint density at radius 2 is 2.00 bits per heavy atom. The van der Waals surface area contributed by atoms with Crippen molar-refractivity contribution in [3.8, 4) is 5.69 Å². The first kappa shape index (κ1) is 11.5. The average molecular weight is 301 g/mol. The lowest BCUT2D eigenvalue weighted by Crippen LogP contribution is -1.99. The van der Waals surface area contributed by atoms with Crippen LogP contribution in [0.1, 0.15) is 11.1 Å². The van der Waals surface area contributed by atoms with Gasteiger partial charge < -0.3 is 0 Å². The van der Waals surface area contributed by atoms with E-state index < -0.39 is 0 Å². The topological polar surface area (TPSA) is 17.8 Å². The largest absolute Gasteiger partial charge is 0.233 e. The van der Waals surface area contributed by atoms with Crippen LogP contribution in [0.2, 0.25) is 0 Å². The monoisotopic (exact) mass is 300 g/mol. The van der Waals surface area contributed by atoms with E-state index >= 15 is 0 Å². The van der Waals surface area contributed by atoms with Gasteiger partial charge in [0, 0.05) is 10.7 Å². The van der Waals surface area contributed by atoms with Crippen molar-refractivity contribution < 1.29 is 0 Å². The summed E-state index contributed by atoms with van der Waals surface area (Å²) in [5.41, 5.74) is 4.81. The predicted octanol–water partition coefficient (Wildman–Crippen LogP) is 4.23. The molecule has 3 heteroatoms. The highest BCUT2D eigenvalue weighted by atomic mass is 79.9. The van der Waals surface area contributed by atoms with E-state index in [0.29, 0.717) is 0 Å². The molecule has 0 N–H and O–H groups in total. The van der Waals surface area contributed by atoms with E-state index in [-0.39, 0.29) is 0 Å². The number of hydrogen-bond acceptors (Lipinski definition) is 1. The zero-order valence-electron chi connectivity index (χ0n) is 10.1. The normalized spacial score (nSPS) is 11.0. The Kier molecular flexibility index (Phi) is 2.92. The molecule has 2 nitrogen and oxygen atoms in total. The number of para-hydroxylation sites is 1. The van der Waals surface area contributed by atoms with Crippen LogP contribution >= 0.6 is 15.9 Å². The third-order valence-corrected chi connectivity index (χ3v) is 3.77. The summed E-state index contributed by atoms with van der Waals surface area (Å²) in [6.45, 7) is 2.12. The van der Waals surface area contributed by atoms with Crippen LogP contribution in [-0.4, -0.2) is 9.78 Å². The molecular formula is C15H13BrN2. The van der Waals surface area contributed by atoms with Gasteiger partial charge in [-0.25, -0.2) is 4.68 Å². The van der Waals surface area contributed by atoms with E-state index in [9.17, 15) is 0 Å². The minimum absolute atomic E-state index is 0.883. The molecule has 3 aromatic rings. The van der Waals surface area contributed by atoms with Crippen molar-refractivity contribution in [3.63, 3.8) is 0 Å². The molecule has 0 amide bonds. The maximum Gasteiger partial charge on any atom is 0.0741 e. The second-order valence-electron chi connectivity index (χ2n) is 4.37. The maximum atomic E-state index is 4.49. The Balaban J connectivity index is 2.20. The van der Waals surface area contributed by atoms with Crippen LogP contribution in [0.15, 0.2) is 48.7 Å². The highest BCUT2D eigenvalue weighted by molar-refractivity contribution is 9.08. The number of nitrogens with zero attached hydrogens (tertiary/aromatic N) is 2. The summed E-state index contributed by atoms with van der Waals surface area (Å²) in [5.74, 6) is 0. The van der Waals surface area contributed by atoms with Crippen molar-refractivity contribution in [1.29, 1.82) is 0 Å². The molecular weight excluding hydrogens is 288 g/mol. The highest BCUT2D eigenvalue weighted by Gasteiger charge is 2.07. The van der Waals surface area contributed by atoms with E-state index in [1.165, 1.54) is 16.5 Å². The van der Waals surface area contributed by atoms with Crippen molar-refractivity contribution >= 4 is 26.8 Å². The fourth-order valence-electron chi connectivity index (χ4n) is 2.20. The Bertz CT molecular complexity index is 701. The molecule has 0 fully saturated rings. The molecule has 0 saturated heterocycles. The fraction of sp³-hybridized carbons (Fsp3) is 0.133. The highest BCUT2D eigenvalue weighted by Crippen LogP contribution is 2.22. The molecule has 3 rings (SSSR count). The van der Waals surface area contributed by atoms with Crippen LogP contribution in [0, 0.1) is 6.92 Å². The van der Waals surface area contributed by atoms with Gasteiger partial charge in [0.1, 0.15) is 0 Å². The van der Waals surface area contributed by atoms with Gasteiger partial charge in [-0.05, 0) is 30.2 Å². The van der Waals surface area contributed by atoms with Crippen molar-refractivity contribution in [3.05, 3.63) is 59.8 Å². The van der Waals surface area contributed by atoms with Gasteiger partial charge in [0.25, 0.3) is 0 Å². The molecule has 0 aliphatic carbocycles. The van der Waals surface area contributed by atoms with Gasteiger partial charge in [-0.15, -0.1) is 0 Å². The molecule has 0 spiro atoms. The van der Waals surface area contributed by atoms with E-state index in [0.717, 1.165) is 16.5 Å². The molecule has 1 heterocycles. The van der Waals surface area contributed by atoms with Crippen LogP contribution in [0.5, 0.6) is 0 Å². The number of benzene rings is 2. The van der Waals surface area contributed by atoms with Gasteiger partial charge in [0.2, 0.25) is 0 Å². The second-order valence-corrected chi connectivity index (χ2v) is 4.93. The molecule has 0 unspecified atom stereocenters. The number of rotatable bonds is 2. The molecule has 0 aliphatic rings. The molecule has 1 aromatic heterocycles. The molecule has 18 heavy (non-hydrogen) atoms. The fourth-order valence-corrected chi connectivity index (χ4v) is 2.55. The third kappa shape index (κ3) is 1.85. The Hall–Kier alpha value is -1.61. The number of aromatic nitrogens is 2. The van der Waals surface area contributed by atoms with Gasteiger partial charge in [0.15, 0.2) is 0 Å². The molecule has 0 atom stereocenters. The quantitative estimate of drug-likeness (QED) is 0.648. The summed E-state index contributed by atoms with van der Waals surface area (Å²) < 4.78 is 2.00. The van der Waals surface area contributed by atoms with E-state index in [4.69, 9.17) is 0 Å². The van der Waals surface area contributed by atoms with E-state index in [2.05, 4.69) is 58.3 Å². The zero-order valence-corrected chi connectivity index (χ0v) is 11.7. The Morgan fingerprint density at radius 3 is 2.78 bits per heavy atom. The molecule has 90 valence electrons. The summed E-state index contributed by atoms with van der Waals surface area (Å²) in [5, 5.41) is 6.54. The first-order valence-corrected chi connectivity index (χ1v) is 7.00. The third-order valence-electron chi connectivity index (χ3n) is 3.12. The Labute approximate surface area is 114 Å². The number of halogens is 1. The zero-order chi connectivity index (χ0) is 12.5. The van der Waals surface area contributed by atoms with Gasteiger partial charge in [-0.3, -0.25) is 0 Å². The second kappa shape index (κ2) is 4.58. The Morgan fingerprint density at radius 1 is 1.17 bits per heavy atom. The molecule has 0 bridgehead atoms. The molecule has 0 radical (unpaired) electrons. The lowest BCUT2D eigenvalue weighted by atomic mass is 10.1. The van der Waals surface area contributed by atoms with Crippen molar-refractivity contribution in [2.24, 2.45) is 0 Å². The smallest absolute Gasteiger partial charge is 0.0741 e. The summed E-state index contributed by atoms with van der Waals surface area (Å²) in [6.07, 6.45) is 1.91. The maximum absolute atomic E-state index is 4.49. The summed E-state index contributed by atoms with van der Waals surface area (Å²) in [6, 6.07) is 14.7. The number of alkyl halides is 1. The van der Waals surface area contributed by atoms with Crippen molar-refractivity contribution in [1.82, 2.24) is 9.78 Å². The number of hydrogen-bond donors (Lipinski definition) is 0. The molecule has 0 saturated carbocycles. The molecule has 2 aromatic carbocycles. The number of fused-ring (bicyclic) bond motifs is 1. The predicted molar refractivity (Wildman–Crippen MR) is 78.4 cm³/mol. The molecule has 0 aliphatic heterocycles. The van der Waals surface area contributed by atoms with Crippen LogP contribution in [0.4, 0.5) is 0 Å². The van der Waals surface area contributed by atoms with E-state index in [1.54, 1.807) is 0 Å². The van der Waals surface area contributed by atoms with Crippen LogP contribution < -0.4 is 0 Å². The first-order valence-electron chi connectivity index (χ1n) is 5.88. The van der Waals surface area contributed by atoms with Crippen molar-refractivity contribution in [2.75, 3.05) is 0 Å². The van der Waals surface area contributed by atoms with Crippen molar-refractivity contribution in [2.45, 2.75) is 12.3 Å². The van der Waals surface area contributed by atoms with Gasteiger partial charge >= 0.3 is 0 Å². The minimum atomic E-state index is 0.883. The van der Waals surface area contributed by atoms with Crippen LogP contribution in [-0.2, 0) is 5.33 Å². The van der Waals surface area contributed by atoms with Gasteiger partial charge in [-0.1, -0.05) is 46.3 Å².